The summed E-state index contributed by atoms with van der Waals surface area (Å²) in [4.78, 5) is 25.6. The van der Waals surface area contributed by atoms with Crippen LogP contribution >= 0.6 is 0 Å². The minimum Gasteiger partial charge on any atom is -0.378 e. The standard InChI is InChI=1S/C15H16N2O3/c1-10-13(15(19)16-14(10)18)11-3-2-4-12(9-11)17-5-7-20-8-6-17/h2-4,9H,5-8H2,1H3,(H,16,18,19). The minimum absolute atomic E-state index is 0.304. The number of amides is 2. The van der Waals surface area contributed by atoms with Gasteiger partial charge in [-0.3, -0.25) is 14.9 Å². The van der Waals surface area contributed by atoms with E-state index in [1.54, 1.807) is 6.92 Å². The van der Waals surface area contributed by atoms with E-state index in [2.05, 4.69) is 10.2 Å². The van der Waals surface area contributed by atoms with Crippen LogP contribution in [0.2, 0.25) is 0 Å². The molecule has 0 aromatic heterocycles. The molecule has 2 aliphatic rings. The molecule has 1 N–H and O–H groups in total. The van der Waals surface area contributed by atoms with E-state index in [-0.39, 0.29) is 11.8 Å². The molecular weight excluding hydrogens is 256 g/mol. The lowest BCUT2D eigenvalue weighted by Gasteiger charge is -2.29. The van der Waals surface area contributed by atoms with Gasteiger partial charge < -0.3 is 9.64 Å². The molecule has 1 aromatic carbocycles. The van der Waals surface area contributed by atoms with E-state index >= 15 is 0 Å². The number of nitrogens with one attached hydrogen (secondary N) is 1. The van der Waals surface area contributed by atoms with Crippen molar-refractivity contribution in [2.75, 3.05) is 31.2 Å². The third-order valence-electron chi connectivity index (χ3n) is 3.68. The predicted octanol–water partition coefficient (Wildman–Crippen LogP) is 0.953. The summed E-state index contributed by atoms with van der Waals surface area (Å²) >= 11 is 0. The average Bonchev–Trinajstić information content (AvgIpc) is 2.73. The lowest BCUT2D eigenvalue weighted by molar-refractivity contribution is -0.123. The zero-order valence-electron chi connectivity index (χ0n) is 11.3. The van der Waals surface area contributed by atoms with Crippen molar-refractivity contribution in [2.45, 2.75) is 6.92 Å². The number of morpholine rings is 1. The zero-order valence-corrected chi connectivity index (χ0v) is 11.3. The lowest BCUT2D eigenvalue weighted by atomic mass is 10.0. The van der Waals surface area contributed by atoms with Crippen LogP contribution in [0, 0.1) is 0 Å². The Labute approximate surface area is 117 Å². The van der Waals surface area contributed by atoms with Crippen LogP contribution in [-0.2, 0) is 14.3 Å². The molecule has 5 heteroatoms. The summed E-state index contributed by atoms with van der Waals surface area (Å²) in [5, 5.41) is 2.33. The molecule has 1 fully saturated rings. The van der Waals surface area contributed by atoms with E-state index in [4.69, 9.17) is 4.74 Å². The molecule has 0 radical (unpaired) electrons. The van der Waals surface area contributed by atoms with Crippen LogP contribution in [0.5, 0.6) is 0 Å². The number of ether oxygens (including phenoxy) is 1. The molecule has 1 aromatic rings. The van der Waals surface area contributed by atoms with Gasteiger partial charge in [-0.2, -0.15) is 0 Å². The molecule has 1 saturated heterocycles. The van der Waals surface area contributed by atoms with Crippen molar-refractivity contribution in [2.24, 2.45) is 0 Å². The van der Waals surface area contributed by atoms with Crippen molar-refractivity contribution in [3.63, 3.8) is 0 Å². The Morgan fingerprint density at radius 1 is 1.15 bits per heavy atom. The summed E-state index contributed by atoms with van der Waals surface area (Å²) in [6, 6.07) is 7.75. The Balaban J connectivity index is 1.95. The fraction of sp³-hybridized carbons (Fsp3) is 0.333. The van der Waals surface area contributed by atoms with Gasteiger partial charge in [-0.25, -0.2) is 0 Å². The first kappa shape index (κ1) is 12.9. The SMILES string of the molecule is CC1=C(c2cccc(N3CCOCC3)c2)C(=O)NC1=O. The first-order valence-electron chi connectivity index (χ1n) is 6.66. The van der Waals surface area contributed by atoms with Gasteiger partial charge in [0.05, 0.1) is 18.8 Å². The van der Waals surface area contributed by atoms with Crippen LogP contribution in [0.15, 0.2) is 29.8 Å². The number of rotatable bonds is 2. The third-order valence-corrected chi connectivity index (χ3v) is 3.68. The molecule has 0 atom stereocenters. The van der Waals surface area contributed by atoms with Gasteiger partial charge in [-0.15, -0.1) is 0 Å². The van der Waals surface area contributed by atoms with Gasteiger partial charge in [0.1, 0.15) is 0 Å². The summed E-state index contributed by atoms with van der Waals surface area (Å²) in [6.07, 6.45) is 0. The summed E-state index contributed by atoms with van der Waals surface area (Å²) in [5.41, 5.74) is 2.80. The van der Waals surface area contributed by atoms with Crippen LogP contribution in [0.4, 0.5) is 5.69 Å². The summed E-state index contributed by atoms with van der Waals surface area (Å²) in [5.74, 6) is -0.617. The molecule has 5 nitrogen and oxygen atoms in total. The number of carbonyl (C=O) groups excluding carboxylic acids is 2. The van der Waals surface area contributed by atoms with Crippen LogP contribution in [0.1, 0.15) is 12.5 Å². The number of hydrogen-bond donors (Lipinski definition) is 1. The number of benzene rings is 1. The van der Waals surface area contributed by atoms with Crippen molar-refractivity contribution in [1.29, 1.82) is 0 Å². The Morgan fingerprint density at radius 2 is 1.90 bits per heavy atom. The largest absolute Gasteiger partial charge is 0.378 e. The number of nitrogens with zero attached hydrogens (tertiary/aromatic N) is 1. The number of anilines is 1. The van der Waals surface area contributed by atoms with Crippen LogP contribution in [0.25, 0.3) is 5.57 Å². The molecule has 0 bridgehead atoms. The van der Waals surface area contributed by atoms with E-state index in [1.165, 1.54) is 0 Å². The molecule has 0 aliphatic carbocycles. The van der Waals surface area contributed by atoms with Gasteiger partial charge >= 0.3 is 0 Å². The Hall–Kier alpha value is -2.14. The molecule has 0 unspecified atom stereocenters. The molecule has 2 amide bonds. The molecule has 0 saturated carbocycles. The predicted molar refractivity (Wildman–Crippen MR) is 75.2 cm³/mol. The maximum Gasteiger partial charge on any atom is 0.259 e. The lowest BCUT2D eigenvalue weighted by Crippen LogP contribution is -2.36. The van der Waals surface area contributed by atoms with Crippen molar-refractivity contribution in [1.82, 2.24) is 5.32 Å². The normalized spacial score (nSPS) is 19.6. The van der Waals surface area contributed by atoms with Gasteiger partial charge in [-0.05, 0) is 24.6 Å². The smallest absolute Gasteiger partial charge is 0.259 e. The van der Waals surface area contributed by atoms with E-state index in [0.29, 0.717) is 24.4 Å². The monoisotopic (exact) mass is 272 g/mol. The Morgan fingerprint density at radius 3 is 2.55 bits per heavy atom. The fourth-order valence-electron chi connectivity index (χ4n) is 2.57. The second-order valence-electron chi connectivity index (χ2n) is 4.93. The Bertz CT molecular complexity index is 601. The van der Waals surface area contributed by atoms with Crippen LogP contribution in [0.3, 0.4) is 0 Å². The average molecular weight is 272 g/mol. The highest BCUT2D eigenvalue weighted by molar-refractivity contribution is 6.35. The van der Waals surface area contributed by atoms with E-state index in [1.807, 2.05) is 24.3 Å². The number of carbonyl (C=O) groups is 2. The first-order chi connectivity index (χ1) is 9.66. The second kappa shape index (κ2) is 5.09. The van der Waals surface area contributed by atoms with Gasteiger partial charge in [0, 0.05) is 24.4 Å². The van der Waals surface area contributed by atoms with Crippen LogP contribution in [-0.4, -0.2) is 38.1 Å². The second-order valence-corrected chi connectivity index (χ2v) is 4.93. The van der Waals surface area contributed by atoms with Crippen molar-refractivity contribution in [3.8, 4) is 0 Å². The highest BCUT2D eigenvalue weighted by atomic mass is 16.5. The van der Waals surface area contributed by atoms with E-state index in [0.717, 1.165) is 24.3 Å². The molecule has 2 aliphatic heterocycles. The molecular formula is C15H16N2O3. The molecule has 2 heterocycles. The van der Waals surface area contributed by atoms with E-state index < -0.39 is 0 Å². The quantitative estimate of drug-likeness (QED) is 0.814. The maximum atomic E-state index is 11.9. The molecule has 0 spiro atoms. The highest BCUT2D eigenvalue weighted by Crippen LogP contribution is 2.27. The topological polar surface area (TPSA) is 58.6 Å². The molecule has 20 heavy (non-hydrogen) atoms. The van der Waals surface area contributed by atoms with Crippen LogP contribution < -0.4 is 10.2 Å². The fourth-order valence-corrected chi connectivity index (χ4v) is 2.57. The van der Waals surface area contributed by atoms with Gasteiger partial charge in [0.2, 0.25) is 0 Å². The van der Waals surface area contributed by atoms with Crippen molar-refractivity contribution in [3.05, 3.63) is 35.4 Å². The zero-order chi connectivity index (χ0) is 14.1. The number of hydrogen-bond acceptors (Lipinski definition) is 4. The first-order valence-corrected chi connectivity index (χ1v) is 6.66. The maximum absolute atomic E-state index is 11.9. The van der Waals surface area contributed by atoms with Gasteiger partial charge in [0.15, 0.2) is 0 Å². The highest BCUT2D eigenvalue weighted by Gasteiger charge is 2.28. The molecule has 3 rings (SSSR count). The summed E-state index contributed by atoms with van der Waals surface area (Å²) in [6.45, 7) is 4.78. The van der Waals surface area contributed by atoms with E-state index in [9.17, 15) is 9.59 Å². The van der Waals surface area contributed by atoms with Crippen molar-refractivity contribution >= 4 is 23.1 Å². The van der Waals surface area contributed by atoms with Gasteiger partial charge in [0.25, 0.3) is 11.8 Å². The Kier molecular flexibility index (Phi) is 3.28. The van der Waals surface area contributed by atoms with Crippen molar-refractivity contribution < 1.29 is 14.3 Å². The summed E-state index contributed by atoms with van der Waals surface area (Å²) < 4.78 is 5.34. The molecule has 104 valence electrons. The van der Waals surface area contributed by atoms with Gasteiger partial charge in [-0.1, -0.05) is 12.1 Å². The third kappa shape index (κ3) is 2.20. The number of imide groups is 1. The minimum atomic E-state index is -0.313. The summed E-state index contributed by atoms with van der Waals surface area (Å²) in [7, 11) is 0.